The molecule has 9 heteroatoms. The first-order chi connectivity index (χ1) is 10.3. The number of hydrogen-bond acceptors (Lipinski definition) is 8. The molecule has 144 valence electrons. The largest absolute Gasteiger partial charge is 0.395 e. The molecule has 0 aliphatic carbocycles. The topological polar surface area (TPSA) is 145 Å². The Morgan fingerprint density at radius 1 is 0.565 bits per heavy atom. The van der Waals surface area contributed by atoms with Crippen LogP contribution in [-0.2, 0) is 21.7 Å². The Labute approximate surface area is 155 Å². The molecule has 0 spiro atoms. The molecule has 0 atom stereocenters. The molecule has 0 rings (SSSR count). The van der Waals surface area contributed by atoms with E-state index in [2.05, 4.69) is 10.6 Å². The van der Waals surface area contributed by atoms with Crippen LogP contribution in [0.4, 0.5) is 0 Å². The van der Waals surface area contributed by atoms with Gasteiger partial charge in [0.15, 0.2) is 0 Å². The van der Waals surface area contributed by atoms with Crippen molar-refractivity contribution in [1.82, 2.24) is 10.6 Å². The first kappa shape index (κ1) is 34.7. The second-order valence-corrected chi connectivity index (χ2v) is 4.58. The molecule has 0 amide bonds. The second kappa shape index (κ2) is 38.1. The zero-order chi connectivity index (χ0) is 18.2. The van der Waals surface area contributed by atoms with E-state index in [0.29, 0.717) is 26.2 Å². The van der Waals surface area contributed by atoms with E-state index in [1.165, 1.54) is 0 Å². The van der Waals surface area contributed by atoms with Crippen LogP contribution in [0.3, 0.4) is 0 Å². The van der Waals surface area contributed by atoms with Crippen LogP contribution in [0, 0.1) is 0 Å². The molecule has 0 saturated carbocycles. The summed E-state index contributed by atoms with van der Waals surface area (Å²) in [5.41, 5.74) is 0. The SMILES string of the molecule is CC(C)O.CC(C)O.OCCNCCO.OCCNCCO.[Ti]. The van der Waals surface area contributed by atoms with Crippen LogP contribution in [-0.4, -0.2) is 95.5 Å². The van der Waals surface area contributed by atoms with E-state index in [4.69, 9.17) is 30.6 Å². The van der Waals surface area contributed by atoms with Crippen molar-refractivity contribution in [2.24, 2.45) is 0 Å². The van der Waals surface area contributed by atoms with Gasteiger partial charge in [0.05, 0.1) is 26.4 Å². The minimum Gasteiger partial charge on any atom is -0.395 e. The summed E-state index contributed by atoms with van der Waals surface area (Å²) in [4.78, 5) is 0. The summed E-state index contributed by atoms with van der Waals surface area (Å²) >= 11 is 0. The maximum absolute atomic E-state index is 8.15. The van der Waals surface area contributed by atoms with E-state index >= 15 is 0 Å². The summed E-state index contributed by atoms with van der Waals surface area (Å²) in [5, 5.41) is 54.3. The fraction of sp³-hybridized carbons (Fsp3) is 1.00. The van der Waals surface area contributed by atoms with Gasteiger partial charge in [-0.3, -0.25) is 0 Å². The van der Waals surface area contributed by atoms with Gasteiger partial charge in [0.1, 0.15) is 0 Å². The molecule has 8 nitrogen and oxygen atoms in total. The molecule has 0 heterocycles. The molecule has 0 aliphatic rings. The van der Waals surface area contributed by atoms with Crippen molar-refractivity contribution in [3.63, 3.8) is 0 Å². The van der Waals surface area contributed by atoms with Gasteiger partial charge in [0.2, 0.25) is 0 Å². The monoisotopic (exact) mass is 378 g/mol. The van der Waals surface area contributed by atoms with Crippen molar-refractivity contribution in [3.05, 3.63) is 0 Å². The zero-order valence-electron chi connectivity index (χ0n) is 15.0. The van der Waals surface area contributed by atoms with Gasteiger partial charge >= 0.3 is 0 Å². The zero-order valence-corrected chi connectivity index (χ0v) is 16.6. The van der Waals surface area contributed by atoms with Crippen LogP contribution >= 0.6 is 0 Å². The molecule has 0 aliphatic heterocycles. The molecule has 0 bridgehead atoms. The molecule has 0 fully saturated rings. The van der Waals surface area contributed by atoms with Crippen LogP contribution in [0.1, 0.15) is 27.7 Å². The summed E-state index contributed by atoms with van der Waals surface area (Å²) in [6.07, 6.45) is -0.333. The minimum absolute atomic E-state index is 0. The number of hydrogen-bond donors (Lipinski definition) is 8. The molecule has 8 N–H and O–H groups in total. The third-order valence-corrected chi connectivity index (χ3v) is 1.15. The fourth-order valence-electron chi connectivity index (χ4n) is 0.566. The van der Waals surface area contributed by atoms with E-state index < -0.39 is 0 Å². The van der Waals surface area contributed by atoms with Crippen molar-refractivity contribution in [3.8, 4) is 0 Å². The van der Waals surface area contributed by atoms with Crippen LogP contribution in [0.25, 0.3) is 0 Å². The van der Waals surface area contributed by atoms with E-state index in [1.807, 2.05) is 0 Å². The van der Waals surface area contributed by atoms with Crippen molar-refractivity contribution in [1.29, 1.82) is 0 Å². The summed E-state index contributed by atoms with van der Waals surface area (Å²) in [6, 6.07) is 0. The van der Waals surface area contributed by atoms with Crippen molar-refractivity contribution in [2.45, 2.75) is 39.9 Å². The molecule has 0 aromatic carbocycles. The quantitative estimate of drug-likeness (QED) is 0.177. The average molecular weight is 378 g/mol. The van der Waals surface area contributed by atoms with Gasteiger partial charge in [-0.05, 0) is 27.7 Å². The minimum atomic E-state index is -0.167. The molecular weight excluding hydrogens is 340 g/mol. The Kier molecular flexibility index (Phi) is 57.5. The van der Waals surface area contributed by atoms with E-state index in [1.54, 1.807) is 27.7 Å². The Bertz CT molecular complexity index is 128. The van der Waals surface area contributed by atoms with E-state index in [0.717, 1.165) is 0 Å². The molecule has 0 aromatic heterocycles. The van der Waals surface area contributed by atoms with Crippen LogP contribution in [0.2, 0.25) is 0 Å². The molecule has 0 radical (unpaired) electrons. The van der Waals surface area contributed by atoms with E-state index in [-0.39, 0.29) is 60.4 Å². The number of aliphatic hydroxyl groups is 6. The van der Waals surface area contributed by atoms with Gasteiger partial charge in [-0.1, -0.05) is 0 Å². The number of nitrogens with one attached hydrogen (secondary N) is 2. The molecular formula is C14H38N2O6Ti. The standard InChI is InChI=1S/2C4H11NO2.2C3H8O.Ti/c2*6-3-1-5-2-4-7;2*1-3(2)4;/h2*5-7H,1-4H2;2*3-4H,1-2H3;. The van der Waals surface area contributed by atoms with Gasteiger partial charge in [0.25, 0.3) is 0 Å². The average Bonchev–Trinajstić information content (AvgIpc) is 2.39. The second-order valence-electron chi connectivity index (χ2n) is 4.58. The van der Waals surface area contributed by atoms with Crippen molar-refractivity contribution in [2.75, 3.05) is 52.6 Å². The summed E-state index contributed by atoms with van der Waals surface area (Å²) in [7, 11) is 0. The van der Waals surface area contributed by atoms with Gasteiger partial charge in [-0.15, -0.1) is 0 Å². The van der Waals surface area contributed by atoms with Crippen LogP contribution in [0.15, 0.2) is 0 Å². The Morgan fingerprint density at radius 3 is 0.783 bits per heavy atom. The number of aliphatic hydroxyl groups excluding tert-OH is 6. The summed E-state index contributed by atoms with van der Waals surface area (Å²) < 4.78 is 0. The predicted octanol–water partition coefficient (Wildman–Crippen LogP) is -2.11. The summed E-state index contributed by atoms with van der Waals surface area (Å²) in [5.74, 6) is 0. The van der Waals surface area contributed by atoms with Crippen LogP contribution < -0.4 is 10.6 Å². The molecule has 0 unspecified atom stereocenters. The van der Waals surface area contributed by atoms with Gasteiger partial charge in [-0.25, -0.2) is 0 Å². The third kappa shape index (κ3) is 132. The Morgan fingerprint density at radius 2 is 0.696 bits per heavy atom. The smallest absolute Gasteiger partial charge is 0.0555 e. The molecule has 0 aromatic rings. The van der Waals surface area contributed by atoms with Crippen molar-refractivity contribution < 1.29 is 52.4 Å². The maximum atomic E-state index is 8.15. The van der Waals surface area contributed by atoms with E-state index in [9.17, 15) is 0 Å². The Hall–Kier alpha value is 0.394. The fourth-order valence-corrected chi connectivity index (χ4v) is 0.566. The van der Waals surface area contributed by atoms with Gasteiger partial charge in [0, 0.05) is 60.1 Å². The molecule has 0 saturated heterocycles. The van der Waals surface area contributed by atoms with Crippen molar-refractivity contribution >= 4 is 0 Å². The molecule has 23 heavy (non-hydrogen) atoms. The predicted molar refractivity (Wildman–Crippen MR) is 88.8 cm³/mol. The first-order valence-electron chi connectivity index (χ1n) is 7.50. The van der Waals surface area contributed by atoms with Gasteiger partial charge < -0.3 is 41.3 Å². The first-order valence-corrected chi connectivity index (χ1v) is 7.50. The summed E-state index contributed by atoms with van der Waals surface area (Å²) in [6.45, 7) is 9.72. The number of rotatable bonds is 8. The normalized spacial score (nSPS) is 8.87. The van der Waals surface area contributed by atoms with Gasteiger partial charge in [-0.2, -0.15) is 0 Å². The maximum Gasteiger partial charge on any atom is 0.0555 e. The Balaban J connectivity index is -0.0000000639. The third-order valence-electron chi connectivity index (χ3n) is 1.15. The van der Waals surface area contributed by atoms with Crippen LogP contribution in [0.5, 0.6) is 0 Å².